The molecule has 1 aromatic heterocycles. The van der Waals surface area contributed by atoms with Crippen molar-refractivity contribution in [2.45, 2.75) is 111 Å². The zero-order chi connectivity index (χ0) is 47.3. The van der Waals surface area contributed by atoms with Crippen molar-refractivity contribution in [2.24, 2.45) is 23.7 Å². The molecule has 11 N–H and O–H groups in total. The number of carboxylic acid groups (broad SMARTS) is 1. The van der Waals surface area contributed by atoms with Gasteiger partial charge in [-0.1, -0.05) is 30.4 Å². The highest BCUT2D eigenvalue weighted by atomic mass is 16.8. The molecule has 7 heterocycles. The molecule has 22 heteroatoms. The molecule has 0 bridgehead atoms. The van der Waals surface area contributed by atoms with Crippen LogP contribution in [0.3, 0.4) is 0 Å². The number of carboxylic acids is 1. The van der Waals surface area contributed by atoms with Crippen LogP contribution in [-0.4, -0.2) is 175 Å². The number of esters is 2. The van der Waals surface area contributed by atoms with Gasteiger partial charge in [-0.25, -0.2) is 9.59 Å². The maximum absolute atomic E-state index is 13.9. The second-order valence-electron chi connectivity index (χ2n) is 17.1. The Morgan fingerprint density at radius 2 is 1.41 bits per heavy atom. The molecule has 0 saturated carbocycles. The Morgan fingerprint density at radius 3 is 1.98 bits per heavy atom. The van der Waals surface area contributed by atoms with Crippen molar-refractivity contribution in [3.63, 3.8) is 0 Å². The average Bonchev–Trinajstić information content (AvgIpc) is 3.71. The molecular weight excluding hydrogens is 876 g/mol. The number of aromatic nitrogens is 1. The molecule has 22 nitrogen and oxygen atoms in total. The van der Waals surface area contributed by atoms with Gasteiger partial charge in [0, 0.05) is 52.2 Å². The number of hydrogen-bond donors (Lipinski definition) is 11. The summed E-state index contributed by atoms with van der Waals surface area (Å²) in [5, 5.41) is 97.3. The largest absolute Gasteiger partial charge is 0.480 e. The van der Waals surface area contributed by atoms with Crippen LogP contribution in [0.15, 0.2) is 73.2 Å². The third-order valence-electron chi connectivity index (χ3n) is 13.5. The van der Waals surface area contributed by atoms with Gasteiger partial charge in [-0.2, -0.15) is 0 Å². The summed E-state index contributed by atoms with van der Waals surface area (Å²) in [7, 11) is 1.17. The minimum atomic E-state index is -1.78. The number of aliphatic hydroxyl groups excluding tert-OH is 8. The lowest BCUT2D eigenvalue weighted by Gasteiger charge is -2.47. The number of ether oxygens (including phenoxy) is 8. The van der Waals surface area contributed by atoms with E-state index < -0.39 is 153 Å². The van der Waals surface area contributed by atoms with Crippen molar-refractivity contribution in [3.8, 4) is 0 Å². The predicted octanol–water partition coefficient (Wildman–Crippen LogP) is -1.82. The number of nitrogens with one attached hydrogen (secondary N) is 2. The second kappa shape index (κ2) is 19.4. The van der Waals surface area contributed by atoms with Gasteiger partial charge >= 0.3 is 17.9 Å². The molecule has 66 heavy (non-hydrogen) atoms. The lowest BCUT2D eigenvalue weighted by atomic mass is 9.71. The molecule has 0 unspecified atom stereocenters. The topological polar surface area (TPSA) is 335 Å². The van der Waals surface area contributed by atoms with Gasteiger partial charge in [0.05, 0.1) is 44.0 Å². The zero-order valence-electron chi connectivity index (χ0n) is 35.4. The molecule has 0 aliphatic carbocycles. The molecule has 0 radical (unpaired) electrons. The Morgan fingerprint density at radius 1 is 0.818 bits per heavy atom. The van der Waals surface area contributed by atoms with Crippen molar-refractivity contribution in [1.82, 2.24) is 10.3 Å². The molecule has 2 aromatic rings. The van der Waals surface area contributed by atoms with E-state index in [0.717, 1.165) is 12.5 Å². The number of cyclic esters (lactones) is 1. The zero-order valence-corrected chi connectivity index (χ0v) is 35.4. The van der Waals surface area contributed by atoms with Gasteiger partial charge in [0.25, 0.3) is 0 Å². The Balaban J connectivity index is 1.11. The standard InChI is InChI=1S/C44H54N2O20/c1-4-16-19(21(39(57)59-3)14-60-41(16)65-43-36(53)34(51)32(49)26(12-47)63-43)10-24-30-28(18-8-6-7-9-23(18)45-30)29(31(46-24)38(55)56)25-11-20-17(5-2)42(61-15-22(20)40(58)62-25)66-44-37(54)35(52)33(50)27(13-48)64-44/h4-9,14-17,19-20,24-27,29,31-37,41-54H,1-2,10-13H2,3H3,(H,55,56)/t16-,17-,19+,20+,24+,25-,26-,27-,29-,31+,32-,33-,34+,35+,36-,37-,41+,42+,43+,44+/m1/s1. The number of benzene rings is 1. The van der Waals surface area contributed by atoms with E-state index in [0.29, 0.717) is 22.2 Å². The van der Waals surface area contributed by atoms with Crippen LogP contribution in [0.1, 0.15) is 36.1 Å². The molecule has 20 atom stereocenters. The summed E-state index contributed by atoms with van der Waals surface area (Å²) in [6.07, 6.45) is -14.7. The summed E-state index contributed by atoms with van der Waals surface area (Å²) in [6.45, 7) is 6.46. The van der Waals surface area contributed by atoms with Crippen LogP contribution in [0.5, 0.6) is 0 Å². The molecule has 1 aromatic carbocycles. The molecule has 8 rings (SSSR count). The first-order valence-corrected chi connectivity index (χ1v) is 21.4. The maximum atomic E-state index is 13.9. The Hall–Kier alpha value is -4.79. The van der Waals surface area contributed by atoms with Crippen molar-refractivity contribution in [2.75, 3.05) is 20.3 Å². The van der Waals surface area contributed by atoms with Crippen molar-refractivity contribution in [3.05, 3.63) is 84.5 Å². The van der Waals surface area contributed by atoms with E-state index in [9.17, 15) is 60.3 Å². The highest BCUT2D eigenvalue weighted by Gasteiger charge is 2.55. The van der Waals surface area contributed by atoms with Crippen LogP contribution in [0.2, 0.25) is 0 Å². The quantitative estimate of drug-likeness (QED) is 0.0778. The van der Waals surface area contributed by atoms with E-state index in [2.05, 4.69) is 23.5 Å². The highest BCUT2D eigenvalue weighted by Crippen LogP contribution is 2.50. The van der Waals surface area contributed by atoms with Gasteiger partial charge in [-0.15, -0.1) is 13.2 Å². The normalized spacial score (nSPS) is 41.1. The number of hydrogen-bond acceptors (Lipinski definition) is 20. The number of fused-ring (bicyclic) bond motifs is 4. The van der Waals surface area contributed by atoms with Gasteiger partial charge < -0.3 is 88.8 Å². The van der Waals surface area contributed by atoms with E-state index in [4.69, 9.17) is 37.9 Å². The van der Waals surface area contributed by atoms with E-state index in [-0.39, 0.29) is 24.0 Å². The molecule has 0 spiro atoms. The Bertz CT molecular complexity index is 2210. The summed E-state index contributed by atoms with van der Waals surface area (Å²) in [5.74, 6) is -7.33. The summed E-state index contributed by atoms with van der Waals surface area (Å²) >= 11 is 0. The fourth-order valence-electron chi connectivity index (χ4n) is 10.1. The Labute approximate surface area is 376 Å². The number of H-pyrrole nitrogens is 1. The van der Waals surface area contributed by atoms with Crippen LogP contribution in [0.4, 0.5) is 0 Å². The molecule has 3 saturated heterocycles. The highest BCUT2D eigenvalue weighted by molar-refractivity contribution is 5.92. The van der Waals surface area contributed by atoms with E-state index >= 15 is 0 Å². The van der Waals surface area contributed by atoms with Crippen LogP contribution < -0.4 is 5.32 Å². The number of aliphatic carboxylic acids is 1. The lowest BCUT2D eigenvalue weighted by molar-refractivity contribution is -0.339. The van der Waals surface area contributed by atoms with Crippen LogP contribution in [0, 0.1) is 23.7 Å². The second-order valence-corrected chi connectivity index (χ2v) is 17.1. The number of aromatic amines is 1. The van der Waals surface area contributed by atoms with Crippen LogP contribution in [0.25, 0.3) is 10.9 Å². The SMILES string of the molecule is C=C[C@H]1[C@H](O[C@@H]2O[C@H](CO)[C@@H](O)[C@H](O)[C@H]2O)OC=C(C(=O)OC)[C@H]1C[C@@H]1N[C@H](C(=O)O)[C@H]([C@H]2C[C@@H]3C(=CO[C@@H](O[C@@H]4O[C@H](CO)[C@@H](O)[C@H](O)[C@H]4O)[C@@H]3C=C)C(=O)O2)c2c1[nH]c1ccccc21. The number of rotatable bonds is 13. The first-order chi connectivity index (χ1) is 31.6. The smallest absolute Gasteiger partial charge is 0.337 e. The minimum Gasteiger partial charge on any atom is -0.480 e. The monoisotopic (exact) mass is 930 g/mol. The number of carbonyl (C=O) groups excluding carboxylic acids is 2. The fourth-order valence-corrected chi connectivity index (χ4v) is 10.1. The maximum Gasteiger partial charge on any atom is 0.337 e. The lowest BCUT2D eigenvalue weighted by Crippen LogP contribution is -2.60. The van der Waals surface area contributed by atoms with Crippen molar-refractivity contribution < 1.29 is 98.2 Å². The van der Waals surface area contributed by atoms with Crippen LogP contribution in [-0.2, 0) is 52.3 Å². The third kappa shape index (κ3) is 8.44. The molecular formula is C44H54N2O20. The molecule has 3 fully saturated rings. The summed E-state index contributed by atoms with van der Waals surface area (Å²) < 4.78 is 45.9. The fraction of sp³-hybridized carbons (Fsp3) is 0.568. The number of aliphatic hydroxyl groups is 8. The minimum absolute atomic E-state index is 0.0244. The Kier molecular flexibility index (Phi) is 14.0. The summed E-state index contributed by atoms with van der Waals surface area (Å²) in [6, 6.07) is 4.85. The van der Waals surface area contributed by atoms with Gasteiger partial charge in [-0.3, -0.25) is 10.1 Å². The van der Waals surface area contributed by atoms with Gasteiger partial charge in [0.15, 0.2) is 12.6 Å². The number of methoxy groups -OCH3 is 1. The van der Waals surface area contributed by atoms with E-state index in [1.54, 1.807) is 24.3 Å². The van der Waals surface area contributed by atoms with Gasteiger partial charge in [0.2, 0.25) is 12.6 Å². The van der Waals surface area contributed by atoms with Crippen molar-refractivity contribution in [1.29, 1.82) is 0 Å². The molecule has 360 valence electrons. The molecule has 6 aliphatic rings. The molecule has 6 aliphatic heterocycles. The average molecular weight is 931 g/mol. The van der Waals surface area contributed by atoms with Gasteiger partial charge in [-0.05, 0) is 24.5 Å². The summed E-state index contributed by atoms with van der Waals surface area (Å²) in [5.41, 5.74) is 1.78. The number of carbonyl (C=O) groups is 3. The van der Waals surface area contributed by atoms with E-state index in [1.807, 2.05) is 0 Å². The first kappa shape index (κ1) is 47.7. The van der Waals surface area contributed by atoms with E-state index in [1.165, 1.54) is 19.3 Å². The number of para-hydroxylation sites is 1. The van der Waals surface area contributed by atoms with Crippen molar-refractivity contribution >= 4 is 28.8 Å². The summed E-state index contributed by atoms with van der Waals surface area (Å²) in [4.78, 5) is 44.2. The first-order valence-electron chi connectivity index (χ1n) is 21.4. The third-order valence-corrected chi connectivity index (χ3v) is 13.5. The molecule has 0 amide bonds. The predicted molar refractivity (Wildman–Crippen MR) is 219 cm³/mol. The van der Waals surface area contributed by atoms with Gasteiger partial charge in [0.1, 0.15) is 61.0 Å². The van der Waals surface area contributed by atoms with Crippen LogP contribution >= 0.6 is 0 Å².